The molecular formula is C19H18N2OS. The third kappa shape index (κ3) is 3.90. The maximum Gasteiger partial charge on any atom is 0.119 e. The number of benzene rings is 2. The minimum atomic E-state index is 0.822. The third-order valence-electron chi connectivity index (χ3n) is 3.64. The first-order valence-electron chi connectivity index (χ1n) is 7.42. The maximum absolute atomic E-state index is 5.25. The first-order chi connectivity index (χ1) is 11.3. The molecule has 3 nitrogen and oxygen atoms in total. The number of ether oxygens (including phenoxy) is 1. The van der Waals surface area contributed by atoms with Crippen LogP contribution >= 0.6 is 11.8 Å². The molecule has 3 aromatic rings. The van der Waals surface area contributed by atoms with Crippen LogP contribution in [0.15, 0.2) is 65.7 Å². The van der Waals surface area contributed by atoms with Crippen LogP contribution in [0, 0.1) is 6.92 Å². The lowest BCUT2D eigenvalue weighted by atomic mass is 10.1. The van der Waals surface area contributed by atoms with Gasteiger partial charge in [-0.05, 0) is 42.3 Å². The van der Waals surface area contributed by atoms with E-state index in [9.17, 15) is 0 Å². The summed E-state index contributed by atoms with van der Waals surface area (Å²) in [5.41, 5.74) is 4.49. The van der Waals surface area contributed by atoms with Gasteiger partial charge in [0, 0.05) is 11.3 Å². The van der Waals surface area contributed by atoms with Gasteiger partial charge in [-0.15, -0.1) is 10.2 Å². The van der Waals surface area contributed by atoms with Gasteiger partial charge >= 0.3 is 0 Å². The Kier molecular flexibility index (Phi) is 4.93. The average Bonchev–Trinajstić information content (AvgIpc) is 2.61. The summed E-state index contributed by atoms with van der Waals surface area (Å²) in [7, 11) is 1.66. The number of nitrogens with zero attached hydrogens (tertiary/aromatic N) is 2. The number of aromatic nitrogens is 2. The molecule has 0 bridgehead atoms. The predicted molar refractivity (Wildman–Crippen MR) is 94.8 cm³/mol. The van der Waals surface area contributed by atoms with Crippen LogP contribution in [-0.4, -0.2) is 17.3 Å². The fraction of sp³-hybridized carbons (Fsp3) is 0.158. The van der Waals surface area contributed by atoms with Crippen molar-refractivity contribution in [3.63, 3.8) is 0 Å². The number of hydrogen-bond acceptors (Lipinski definition) is 4. The summed E-state index contributed by atoms with van der Waals surface area (Å²) in [6, 6.07) is 20.3. The summed E-state index contributed by atoms with van der Waals surface area (Å²) in [6.45, 7) is 2.13. The van der Waals surface area contributed by atoms with Gasteiger partial charge in [0.05, 0.1) is 12.8 Å². The molecule has 23 heavy (non-hydrogen) atoms. The Hall–Kier alpha value is -2.33. The topological polar surface area (TPSA) is 35.0 Å². The lowest BCUT2D eigenvalue weighted by Gasteiger charge is -2.06. The van der Waals surface area contributed by atoms with Gasteiger partial charge in [0.2, 0.25) is 0 Å². The molecule has 116 valence electrons. The average molecular weight is 322 g/mol. The summed E-state index contributed by atoms with van der Waals surface area (Å²) in [4.78, 5) is 0. The Morgan fingerprint density at radius 3 is 2.57 bits per heavy atom. The largest absolute Gasteiger partial charge is 0.497 e. The molecule has 0 saturated carbocycles. The lowest BCUT2D eigenvalue weighted by Crippen LogP contribution is -1.91. The summed E-state index contributed by atoms with van der Waals surface area (Å²) in [5.74, 6) is 1.72. The highest BCUT2D eigenvalue weighted by Gasteiger charge is 2.04. The Labute approximate surface area is 140 Å². The Morgan fingerprint density at radius 1 is 0.957 bits per heavy atom. The summed E-state index contributed by atoms with van der Waals surface area (Å²) < 4.78 is 5.25. The number of hydrogen-bond donors (Lipinski definition) is 0. The minimum absolute atomic E-state index is 0.822. The molecule has 1 aromatic heterocycles. The van der Waals surface area contributed by atoms with Crippen LogP contribution in [0.1, 0.15) is 11.1 Å². The molecule has 1 heterocycles. The van der Waals surface area contributed by atoms with E-state index < -0.39 is 0 Å². The first-order valence-corrected chi connectivity index (χ1v) is 8.40. The van der Waals surface area contributed by atoms with Crippen molar-refractivity contribution in [1.82, 2.24) is 10.2 Å². The highest BCUT2D eigenvalue weighted by Crippen LogP contribution is 2.25. The van der Waals surface area contributed by atoms with Crippen molar-refractivity contribution < 1.29 is 4.74 Å². The zero-order chi connectivity index (χ0) is 16.1. The van der Waals surface area contributed by atoms with Gasteiger partial charge in [-0.1, -0.05) is 48.2 Å². The minimum Gasteiger partial charge on any atom is -0.497 e. The molecule has 0 amide bonds. The van der Waals surface area contributed by atoms with E-state index in [4.69, 9.17) is 4.74 Å². The van der Waals surface area contributed by atoms with E-state index >= 15 is 0 Å². The number of methoxy groups -OCH3 is 1. The van der Waals surface area contributed by atoms with E-state index in [2.05, 4.69) is 41.4 Å². The van der Waals surface area contributed by atoms with Crippen molar-refractivity contribution >= 4 is 11.8 Å². The Morgan fingerprint density at radius 2 is 1.83 bits per heavy atom. The van der Waals surface area contributed by atoms with Crippen LogP contribution in [0.25, 0.3) is 11.3 Å². The second kappa shape index (κ2) is 7.29. The van der Waals surface area contributed by atoms with E-state index in [1.54, 1.807) is 18.9 Å². The van der Waals surface area contributed by atoms with Crippen molar-refractivity contribution in [2.45, 2.75) is 17.7 Å². The standard InChI is InChI=1S/C19H18N2OS/c1-14-6-3-4-7-16(14)13-23-19-11-10-18(20-21-19)15-8-5-9-17(12-15)22-2/h3-12H,13H2,1-2H3. The van der Waals surface area contributed by atoms with Crippen molar-refractivity contribution in [3.8, 4) is 17.0 Å². The molecule has 0 fully saturated rings. The monoisotopic (exact) mass is 322 g/mol. The molecule has 3 rings (SSSR count). The fourth-order valence-electron chi connectivity index (χ4n) is 2.26. The molecule has 0 unspecified atom stereocenters. The van der Waals surface area contributed by atoms with Crippen molar-refractivity contribution in [2.24, 2.45) is 0 Å². The normalized spacial score (nSPS) is 10.5. The third-order valence-corrected chi connectivity index (χ3v) is 4.61. The second-order valence-electron chi connectivity index (χ2n) is 5.20. The molecule has 0 radical (unpaired) electrons. The van der Waals surface area contributed by atoms with Gasteiger partial charge in [0.1, 0.15) is 10.8 Å². The van der Waals surface area contributed by atoms with E-state index in [1.165, 1.54) is 11.1 Å². The first kappa shape index (κ1) is 15.6. The number of rotatable bonds is 5. The van der Waals surface area contributed by atoms with E-state index in [0.717, 1.165) is 27.8 Å². The van der Waals surface area contributed by atoms with Crippen molar-refractivity contribution in [1.29, 1.82) is 0 Å². The SMILES string of the molecule is COc1cccc(-c2ccc(SCc3ccccc3C)nn2)c1. The van der Waals surface area contributed by atoms with Gasteiger partial charge in [-0.25, -0.2) is 0 Å². The van der Waals surface area contributed by atoms with Crippen LogP contribution in [0.5, 0.6) is 5.75 Å². The van der Waals surface area contributed by atoms with Gasteiger partial charge in [-0.3, -0.25) is 0 Å². The molecule has 0 atom stereocenters. The van der Waals surface area contributed by atoms with Crippen LogP contribution < -0.4 is 4.74 Å². The van der Waals surface area contributed by atoms with Crippen molar-refractivity contribution in [3.05, 3.63) is 71.8 Å². The molecule has 0 aliphatic carbocycles. The highest BCUT2D eigenvalue weighted by atomic mass is 32.2. The molecule has 4 heteroatoms. The molecular weight excluding hydrogens is 304 g/mol. The fourth-order valence-corrected chi connectivity index (χ4v) is 3.15. The Balaban J connectivity index is 1.71. The van der Waals surface area contributed by atoms with E-state index in [0.29, 0.717) is 0 Å². The zero-order valence-corrected chi connectivity index (χ0v) is 14.0. The van der Waals surface area contributed by atoms with E-state index in [-0.39, 0.29) is 0 Å². The van der Waals surface area contributed by atoms with Gasteiger partial charge in [0.25, 0.3) is 0 Å². The van der Waals surface area contributed by atoms with Gasteiger partial charge in [-0.2, -0.15) is 0 Å². The molecule has 0 N–H and O–H groups in total. The molecule has 0 spiro atoms. The number of aryl methyl sites for hydroxylation is 1. The van der Waals surface area contributed by atoms with Crippen LogP contribution in [0.2, 0.25) is 0 Å². The van der Waals surface area contributed by atoms with E-state index in [1.807, 2.05) is 36.4 Å². The smallest absolute Gasteiger partial charge is 0.119 e. The summed E-state index contributed by atoms with van der Waals surface area (Å²) in [6.07, 6.45) is 0. The predicted octanol–water partition coefficient (Wildman–Crippen LogP) is 4.75. The maximum atomic E-state index is 5.25. The second-order valence-corrected chi connectivity index (χ2v) is 6.20. The molecule has 0 saturated heterocycles. The molecule has 0 aliphatic rings. The summed E-state index contributed by atoms with van der Waals surface area (Å²) >= 11 is 1.70. The summed E-state index contributed by atoms with van der Waals surface area (Å²) in [5, 5.41) is 9.59. The quantitative estimate of drug-likeness (QED) is 0.635. The van der Waals surface area contributed by atoms with Gasteiger partial charge < -0.3 is 4.74 Å². The van der Waals surface area contributed by atoms with Crippen LogP contribution in [-0.2, 0) is 5.75 Å². The van der Waals surface area contributed by atoms with Gasteiger partial charge in [0.15, 0.2) is 0 Å². The lowest BCUT2D eigenvalue weighted by molar-refractivity contribution is 0.415. The van der Waals surface area contributed by atoms with Crippen LogP contribution in [0.3, 0.4) is 0 Å². The zero-order valence-electron chi connectivity index (χ0n) is 13.2. The molecule has 2 aromatic carbocycles. The van der Waals surface area contributed by atoms with Crippen molar-refractivity contribution in [2.75, 3.05) is 7.11 Å². The molecule has 0 aliphatic heterocycles. The van der Waals surface area contributed by atoms with Crippen LogP contribution in [0.4, 0.5) is 0 Å². The Bertz CT molecular complexity index is 787. The number of thioether (sulfide) groups is 1. The highest BCUT2D eigenvalue weighted by molar-refractivity contribution is 7.98.